The number of allylic oxidation sites excluding steroid dienone is 3. The molecule has 1 saturated carbocycles. The minimum absolute atomic E-state index is 0.0438. The van der Waals surface area contributed by atoms with E-state index in [0.29, 0.717) is 29.2 Å². The molecule has 19 heavy (non-hydrogen) atoms. The summed E-state index contributed by atoms with van der Waals surface area (Å²) in [5.74, 6) is 2.12. The number of hydrogen-bond acceptors (Lipinski definition) is 2. The van der Waals surface area contributed by atoms with E-state index in [2.05, 4.69) is 24.3 Å². The van der Waals surface area contributed by atoms with E-state index in [1.54, 1.807) is 12.1 Å². The highest BCUT2D eigenvalue weighted by Crippen LogP contribution is 2.53. The number of carbonyl (C=O) groups is 1. The lowest BCUT2D eigenvalue weighted by Gasteiger charge is -2.25. The zero-order valence-corrected chi connectivity index (χ0v) is 10.6. The second-order valence-electron chi connectivity index (χ2n) is 5.72. The molecule has 3 aliphatic rings. The van der Waals surface area contributed by atoms with Crippen LogP contribution in [0.4, 0.5) is 0 Å². The van der Waals surface area contributed by atoms with Crippen molar-refractivity contribution in [1.29, 1.82) is 0 Å². The predicted molar refractivity (Wildman–Crippen MR) is 72.5 cm³/mol. The molecule has 0 spiro atoms. The minimum Gasteiger partial charge on any atom is -0.454 e. The van der Waals surface area contributed by atoms with E-state index in [-0.39, 0.29) is 12.1 Å². The van der Waals surface area contributed by atoms with Crippen LogP contribution >= 0.6 is 0 Å². The molecule has 2 nitrogen and oxygen atoms in total. The normalized spacial score (nSPS) is 37.6. The van der Waals surface area contributed by atoms with Crippen molar-refractivity contribution in [3.63, 3.8) is 0 Å². The van der Waals surface area contributed by atoms with Gasteiger partial charge >= 0.3 is 5.97 Å². The summed E-state index contributed by atoms with van der Waals surface area (Å²) in [5.41, 5.74) is 0.637. The molecule has 3 aliphatic carbocycles. The molecule has 0 aromatic heterocycles. The van der Waals surface area contributed by atoms with Crippen LogP contribution in [0.3, 0.4) is 0 Å². The third-order valence-electron chi connectivity index (χ3n) is 4.74. The van der Waals surface area contributed by atoms with Crippen molar-refractivity contribution >= 4 is 5.97 Å². The average Bonchev–Trinajstić information content (AvgIpc) is 3.13. The maximum atomic E-state index is 12.1. The van der Waals surface area contributed by atoms with Gasteiger partial charge in [-0.15, -0.1) is 0 Å². The van der Waals surface area contributed by atoms with E-state index < -0.39 is 0 Å². The molecule has 2 heteroatoms. The largest absolute Gasteiger partial charge is 0.454 e. The maximum absolute atomic E-state index is 12.1. The van der Waals surface area contributed by atoms with Crippen molar-refractivity contribution in [3.8, 4) is 0 Å². The van der Waals surface area contributed by atoms with Gasteiger partial charge in [-0.3, -0.25) is 0 Å². The number of fused-ring (bicyclic) bond motifs is 5. The van der Waals surface area contributed by atoms with Crippen LogP contribution in [0.1, 0.15) is 16.8 Å². The van der Waals surface area contributed by atoms with Crippen molar-refractivity contribution in [3.05, 3.63) is 60.2 Å². The molecule has 1 aromatic rings. The smallest absolute Gasteiger partial charge is 0.338 e. The van der Waals surface area contributed by atoms with Crippen molar-refractivity contribution in [2.24, 2.45) is 23.7 Å². The van der Waals surface area contributed by atoms with Crippen LogP contribution in [0.2, 0.25) is 0 Å². The van der Waals surface area contributed by atoms with Crippen molar-refractivity contribution in [1.82, 2.24) is 0 Å². The molecule has 5 atom stereocenters. The van der Waals surface area contributed by atoms with E-state index in [1.807, 2.05) is 18.2 Å². The molecular weight excluding hydrogens is 236 g/mol. The molecule has 96 valence electrons. The maximum Gasteiger partial charge on any atom is 0.338 e. The van der Waals surface area contributed by atoms with Crippen LogP contribution in [0.5, 0.6) is 0 Å². The Morgan fingerprint density at radius 2 is 1.79 bits per heavy atom. The first-order valence-corrected chi connectivity index (χ1v) is 6.95. The van der Waals surface area contributed by atoms with E-state index >= 15 is 0 Å². The molecular formula is C17H16O2. The Balaban J connectivity index is 1.51. The first-order valence-electron chi connectivity index (χ1n) is 6.95. The Kier molecular flexibility index (Phi) is 2.37. The molecule has 0 heterocycles. The highest BCUT2D eigenvalue weighted by molar-refractivity contribution is 5.89. The van der Waals surface area contributed by atoms with Crippen LogP contribution in [0, 0.1) is 23.7 Å². The number of rotatable bonds is 2. The Bertz CT molecular complexity index is 558. The summed E-state index contributed by atoms with van der Waals surface area (Å²) in [6.45, 7) is 0. The highest BCUT2D eigenvalue weighted by atomic mass is 16.5. The monoisotopic (exact) mass is 252 g/mol. The van der Waals surface area contributed by atoms with Gasteiger partial charge in [0.05, 0.1) is 5.56 Å². The summed E-state index contributed by atoms with van der Waals surface area (Å²) in [4.78, 5) is 12.1. The fourth-order valence-electron chi connectivity index (χ4n) is 3.88. The summed E-state index contributed by atoms with van der Waals surface area (Å²) in [7, 11) is 0. The Labute approximate surface area is 112 Å². The van der Waals surface area contributed by atoms with Crippen LogP contribution in [-0.4, -0.2) is 12.1 Å². The molecule has 0 saturated heterocycles. The number of esters is 1. The van der Waals surface area contributed by atoms with Gasteiger partial charge in [0, 0.05) is 5.92 Å². The van der Waals surface area contributed by atoms with Gasteiger partial charge in [-0.2, -0.15) is 0 Å². The third kappa shape index (κ3) is 1.66. The Morgan fingerprint density at radius 1 is 1.00 bits per heavy atom. The fourth-order valence-corrected chi connectivity index (χ4v) is 3.88. The van der Waals surface area contributed by atoms with Crippen molar-refractivity contribution in [2.45, 2.75) is 12.5 Å². The third-order valence-corrected chi connectivity index (χ3v) is 4.74. The molecule has 1 aromatic carbocycles. The molecule has 0 N–H and O–H groups in total. The van der Waals surface area contributed by atoms with Gasteiger partial charge in [0.25, 0.3) is 0 Å². The zero-order chi connectivity index (χ0) is 12.8. The molecule has 4 rings (SSSR count). The summed E-state index contributed by atoms with van der Waals surface area (Å²) in [6.07, 6.45) is 10.2. The molecule has 2 bridgehead atoms. The topological polar surface area (TPSA) is 26.3 Å². The first-order chi connectivity index (χ1) is 9.33. The number of carbonyl (C=O) groups excluding carboxylic acids is 1. The fraction of sp³-hybridized carbons (Fsp3) is 0.353. The summed E-state index contributed by atoms with van der Waals surface area (Å²) in [5, 5.41) is 0. The second kappa shape index (κ2) is 4.09. The first kappa shape index (κ1) is 11.0. The molecule has 0 unspecified atom stereocenters. The van der Waals surface area contributed by atoms with Gasteiger partial charge in [-0.05, 0) is 42.4 Å². The van der Waals surface area contributed by atoms with Crippen LogP contribution in [-0.2, 0) is 4.74 Å². The van der Waals surface area contributed by atoms with Gasteiger partial charge in [-0.1, -0.05) is 36.4 Å². The quantitative estimate of drug-likeness (QED) is 0.596. The lowest BCUT2D eigenvalue weighted by atomic mass is 9.84. The van der Waals surface area contributed by atoms with Gasteiger partial charge in [0.2, 0.25) is 0 Å². The lowest BCUT2D eigenvalue weighted by Crippen LogP contribution is -2.28. The predicted octanol–water partition coefficient (Wildman–Crippen LogP) is 3.22. The van der Waals surface area contributed by atoms with Gasteiger partial charge in [-0.25, -0.2) is 4.79 Å². The van der Waals surface area contributed by atoms with Crippen molar-refractivity contribution in [2.75, 3.05) is 0 Å². The summed E-state index contributed by atoms with van der Waals surface area (Å²) in [6, 6.07) is 9.25. The van der Waals surface area contributed by atoms with Crippen LogP contribution in [0.15, 0.2) is 54.6 Å². The number of hydrogen-bond donors (Lipinski definition) is 0. The van der Waals surface area contributed by atoms with Crippen LogP contribution < -0.4 is 0 Å². The van der Waals surface area contributed by atoms with Gasteiger partial charge in [0.15, 0.2) is 0 Å². The highest BCUT2D eigenvalue weighted by Gasteiger charge is 2.50. The lowest BCUT2D eigenvalue weighted by molar-refractivity contribution is 0.0240. The van der Waals surface area contributed by atoms with E-state index in [4.69, 9.17) is 4.74 Å². The summed E-state index contributed by atoms with van der Waals surface area (Å²) >= 11 is 0. The van der Waals surface area contributed by atoms with Crippen LogP contribution in [0.25, 0.3) is 0 Å². The van der Waals surface area contributed by atoms with E-state index in [1.165, 1.54) is 6.42 Å². The molecule has 0 radical (unpaired) electrons. The molecule has 1 fully saturated rings. The second-order valence-corrected chi connectivity index (χ2v) is 5.72. The Hall–Kier alpha value is -1.83. The van der Waals surface area contributed by atoms with Gasteiger partial charge in [0.1, 0.15) is 6.10 Å². The van der Waals surface area contributed by atoms with Crippen molar-refractivity contribution < 1.29 is 9.53 Å². The number of ether oxygens (including phenoxy) is 1. The molecule has 0 amide bonds. The van der Waals surface area contributed by atoms with E-state index in [0.717, 1.165) is 0 Å². The minimum atomic E-state index is -0.206. The zero-order valence-electron chi connectivity index (χ0n) is 10.6. The van der Waals surface area contributed by atoms with E-state index in [9.17, 15) is 4.79 Å². The standard InChI is InChI=1S/C17H16O2/c18-17(11-4-2-1-3-5-11)19-15-9-8-14-12-6-7-13(10-12)16(14)15/h1-9,12-16H,10H2/t12-,13+,14-,15+,16+/m0/s1. The number of benzene rings is 1. The van der Waals surface area contributed by atoms with Gasteiger partial charge < -0.3 is 4.74 Å². The SMILES string of the molecule is O=C(O[C@@H]1C=C[C@@H]2[C@H]1[C@@H]1C=C[C@H]2C1)c1ccccc1. The summed E-state index contributed by atoms with van der Waals surface area (Å²) < 4.78 is 5.70. The average molecular weight is 252 g/mol. The molecule has 0 aliphatic heterocycles. The Morgan fingerprint density at radius 3 is 2.63 bits per heavy atom.